The lowest BCUT2D eigenvalue weighted by Gasteiger charge is -2.03. The minimum atomic E-state index is 1.30. The van der Waals surface area contributed by atoms with E-state index in [9.17, 15) is 0 Å². The largest absolute Gasteiger partial charge is 0.149 e. The number of aryl methyl sites for hydroxylation is 1. The van der Waals surface area contributed by atoms with Crippen LogP contribution in [0.15, 0.2) is 17.5 Å². The summed E-state index contributed by atoms with van der Waals surface area (Å²) in [5.74, 6) is 0. The molecule has 1 heterocycles. The van der Waals surface area contributed by atoms with E-state index in [1.165, 1.54) is 103 Å². The number of rotatable bonds is 16. The molecule has 0 radical (unpaired) electrons. The van der Waals surface area contributed by atoms with Crippen LogP contribution in [0.5, 0.6) is 0 Å². The summed E-state index contributed by atoms with van der Waals surface area (Å²) in [5.41, 5.74) is 0. The second-order valence-corrected chi connectivity index (χ2v) is 7.81. The Balaban J connectivity index is 1.68. The molecule has 22 heavy (non-hydrogen) atoms. The SMILES string of the molecule is CCCCCCCCCCCCCCCCCc1cccs1. The number of thiophene rings is 1. The molecule has 0 aromatic carbocycles. The van der Waals surface area contributed by atoms with Gasteiger partial charge in [0.15, 0.2) is 0 Å². The third kappa shape index (κ3) is 12.3. The summed E-state index contributed by atoms with van der Waals surface area (Å²) in [5, 5.41) is 2.19. The molecule has 0 fully saturated rings. The van der Waals surface area contributed by atoms with Gasteiger partial charge in [-0.15, -0.1) is 11.3 Å². The molecule has 128 valence electrons. The maximum atomic E-state index is 2.30. The quantitative estimate of drug-likeness (QED) is 0.269. The molecule has 0 saturated carbocycles. The minimum Gasteiger partial charge on any atom is -0.149 e. The Morgan fingerprint density at radius 2 is 1.09 bits per heavy atom. The maximum Gasteiger partial charge on any atom is 0.00452 e. The molecule has 0 saturated heterocycles. The van der Waals surface area contributed by atoms with Gasteiger partial charge in [0.1, 0.15) is 0 Å². The Morgan fingerprint density at radius 3 is 1.50 bits per heavy atom. The maximum absolute atomic E-state index is 2.30. The van der Waals surface area contributed by atoms with Crippen molar-refractivity contribution >= 4 is 11.3 Å². The molecule has 0 bridgehead atoms. The van der Waals surface area contributed by atoms with E-state index in [0.717, 1.165) is 0 Å². The van der Waals surface area contributed by atoms with Crippen molar-refractivity contribution in [2.45, 2.75) is 110 Å². The number of hydrogen-bond donors (Lipinski definition) is 0. The van der Waals surface area contributed by atoms with Gasteiger partial charge in [0.05, 0.1) is 0 Å². The van der Waals surface area contributed by atoms with Crippen LogP contribution in [0, 0.1) is 0 Å². The van der Waals surface area contributed by atoms with Gasteiger partial charge in [-0.05, 0) is 24.3 Å². The molecule has 1 aromatic heterocycles. The lowest BCUT2D eigenvalue weighted by Crippen LogP contribution is -1.84. The zero-order chi connectivity index (χ0) is 15.7. The van der Waals surface area contributed by atoms with E-state index >= 15 is 0 Å². The summed E-state index contributed by atoms with van der Waals surface area (Å²) >= 11 is 1.91. The van der Waals surface area contributed by atoms with Gasteiger partial charge in [-0.3, -0.25) is 0 Å². The van der Waals surface area contributed by atoms with Crippen molar-refractivity contribution in [3.63, 3.8) is 0 Å². The van der Waals surface area contributed by atoms with Crippen LogP contribution in [0.3, 0.4) is 0 Å². The molecule has 0 nitrogen and oxygen atoms in total. The van der Waals surface area contributed by atoms with Gasteiger partial charge in [0, 0.05) is 4.88 Å². The Morgan fingerprint density at radius 1 is 0.636 bits per heavy atom. The van der Waals surface area contributed by atoms with Gasteiger partial charge in [-0.25, -0.2) is 0 Å². The van der Waals surface area contributed by atoms with E-state index in [-0.39, 0.29) is 0 Å². The van der Waals surface area contributed by atoms with Gasteiger partial charge >= 0.3 is 0 Å². The first-order valence-electron chi connectivity index (χ1n) is 9.96. The van der Waals surface area contributed by atoms with Gasteiger partial charge < -0.3 is 0 Å². The third-order valence-corrected chi connectivity index (χ3v) is 5.54. The van der Waals surface area contributed by atoms with E-state index in [4.69, 9.17) is 0 Å². The number of hydrogen-bond acceptors (Lipinski definition) is 1. The number of unbranched alkanes of at least 4 members (excludes halogenated alkanes) is 14. The standard InChI is InChI=1S/C21H38S/c1-2-3-4-5-6-7-8-9-10-11-12-13-14-15-16-18-21-19-17-20-22-21/h17,19-20H,2-16,18H2,1H3. The molecule has 0 aliphatic heterocycles. The first kappa shape index (κ1) is 19.7. The van der Waals surface area contributed by atoms with E-state index in [1.54, 1.807) is 4.88 Å². The Bertz CT molecular complexity index is 302. The van der Waals surface area contributed by atoms with Crippen molar-refractivity contribution in [3.05, 3.63) is 22.4 Å². The fourth-order valence-electron chi connectivity index (χ4n) is 3.13. The Labute approximate surface area is 143 Å². The summed E-state index contributed by atoms with van der Waals surface area (Å²) < 4.78 is 0. The molecule has 0 unspecified atom stereocenters. The van der Waals surface area contributed by atoms with Crippen molar-refractivity contribution in [2.24, 2.45) is 0 Å². The normalized spacial score (nSPS) is 11.1. The molecule has 1 rings (SSSR count). The van der Waals surface area contributed by atoms with Crippen LogP contribution in [-0.2, 0) is 6.42 Å². The van der Waals surface area contributed by atoms with Gasteiger partial charge in [-0.2, -0.15) is 0 Å². The van der Waals surface area contributed by atoms with Crippen LogP contribution in [-0.4, -0.2) is 0 Å². The molecular formula is C21H38S. The van der Waals surface area contributed by atoms with Crippen molar-refractivity contribution in [1.29, 1.82) is 0 Å². The smallest absolute Gasteiger partial charge is 0.00452 e. The van der Waals surface area contributed by atoms with Crippen molar-refractivity contribution in [3.8, 4) is 0 Å². The van der Waals surface area contributed by atoms with Crippen LogP contribution >= 0.6 is 11.3 Å². The highest BCUT2D eigenvalue weighted by molar-refractivity contribution is 7.09. The van der Waals surface area contributed by atoms with Crippen molar-refractivity contribution < 1.29 is 0 Å². The monoisotopic (exact) mass is 322 g/mol. The molecule has 1 aromatic rings. The second kappa shape index (κ2) is 15.6. The van der Waals surface area contributed by atoms with E-state index < -0.39 is 0 Å². The van der Waals surface area contributed by atoms with Gasteiger partial charge in [0.25, 0.3) is 0 Å². The first-order chi connectivity index (χ1) is 10.9. The molecular weight excluding hydrogens is 284 g/mol. The predicted molar refractivity (Wildman–Crippen MR) is 103 cm³/mol. The topological polar surface area (TPSA) is 0 Å². The fourth-order valence-corrected chi connectivity index (χ4v) is 3.88. The summed E-state index contributed by atoms with van der Waals surface area (Å²) in [6.07, 6.45) is 23.1. The molecule has 1 heteroatoms. The molecule has 0 atom stereocenters. The minimum absolute atomic E-state index is 1.30. The predicted octanol–water partition coefficient (Wildman–Crippen LogP) is 8.16. The highest BCUT2D eigenvalue weighted by atomic mass is 32.1. The van der Waals surface area contributed by atoms with Crippen molar-refractivity contribution in [1.82, 2.24) is 0 Å². The highest BCUT2D eigenvalue weighted by Gasteiger charge is 1.96. The van der Waals surface area contributed by atoms with E-state index in [0.29, 0.717) is 0 Å². The average molecular weight is 323 g/mol. The molecule has 0 amide bonds. The summed E-state index contributed by atoms with van der Waals surface area (Å²) in [4.78, 5) is 1.56. The summed E-state index contributed by atoms with van der Waals surface area (Å²) in [7, 11) is 0. The van der Waals surface area contributed by atoms with Gasteiger partial charge in [-0.1, -0.05) is 103 Å². The molecule has 0 aliphatic carbocycles. The van der Waals surface area contributed by atoms with Crippen molar-refractivity contribution in [2.75, 3.05) is 0 Å². The Kier molecular flexibility index (Phi) is 14.0. The summed E-state index contributed by atoms with van der Waals surface area (Å²) in [6.45, 7) is 2.30. The lowest BCUT2D eigenvalue weighted by molar-refractivity contribution is 0.532. The molecule has 0 aliphatic rings. The highest BCUT2D eigenvalue weighted by Crippen LogP contribution is 2.15. The Hall–Kier alpha value is -0.300. The van der Waals surface area contributed by atoms with Crippen LogP contribution in [0.25, 0.3) is 0 Å². The first-order valence-corrected chi connectivity index (χ1v) is 10.8. The average Bonchev–Trinajstić information content (AvgIpc) is 3.04. The van der Waals surface area contributed by atoms with E-state index in [2.05, 4.69) is 24.4 Å². The second-order valence-electron chi connectivity index (χ2n) is 6.78. The van der Waals surface area contributed by atoms with Crippen LogP contribution in [0.2, 0.25) is 0 Å². The van der Waals surface area contributed by atoms with Gasteiger partial charge in [0.2, 0.25) is 0 Å². The van der Waals surface area contributed by atoms with E-state index in [1.807, 2.05) is 11.3 Å². The third-order valence-electron chi connectivity index (χ3n) is 4.61. The zero-order valence-electron chi connectivity index (χ0n) is 15.0. The van der Waals surface area contributed by atoms with Crippen LogP contribution in [0.1, 0.15) is 108 Å². The molecule has 0 N–H and O–H groups in total. The molecule has 0 spiro atoms. The van der Waals surface area contributed by atoms with Crippen LogP contribution < -0.4 is 0 Å². The van der Waals surface area contributed by atoms with Crippen LogP contribution in [0.4, 0.5) is 0 Å². The fraction of sp³-hybridized carbons (Fsp3) is 0.810. The lowest BCUT2D eigenvalue weighted by atomic mass is 10.0. The summed E-state index contributed by atoms with van der Waals surface area (Å²) in [6, 6.07) is 4.44. The zero-order valence-corrected chi connectivity index (χ0v) is 15.8.